The summed E-state index contributed by atoms with van der Waals surface area (Å²) in [4.78, 5) is 2.52. The Bertz CT molecular complexity index is 555. The molecule has 1 fully saturated rings. The van der Waals surface area contributed by atoms with Crippen molar-refractivity contribution in [3.05, 3.63) is 41.1 Å². The molecule has 0 radical (unpaired) electrons. The zero-order valence-electron chi connectivity index (χ0n) is 12.2. The van der Waals surface area contributed by atoms with Gasteiger partial charge in [-0.3, -0.25) is 0 Å². The van der Waals surface area contributed by atoms with Gasteiger partial charge in [-0.25, -0.2) is 0 Å². The van der Waals surface area contributed by atoms with Crippen molar-refractivity contribution in [2.75, 3.05) is 11.4 Å². The van der Waals surface area contributed by atoms with E-state index in [4.69, 9.17) is 11.1 Å². The Morgan fingerprint density at radius 1 is 1.30 bits per heavy atom. The number of anilines is 1. The highest BCUT2D eigenvalue weighted by atomic mass is 15.2. The molecule has 3 rings (SSSR count). The van der Waals surface area contributed by atoms with Crippen LogP contribution in [-0.4, -0.2) is 18.3 Å². The predicted molar refractivity (Wildman–Crippen MR) is 84.4 cm³/mol. The van der Waals surface area contributed by atoms with Gasteiger partial charge in [0.2, 0.25) is 0 Å². The second-order valence-corrected chi connectivity index (χ2v) is 5.96. The molecule has 2 aliphatic rings. The van der Waals surface area contributed by atoms with Gasteiger partial charge in [-0.1, -0.05) is 18.2 Å². The van der Waals surface area contributed by atoms with Crippen LogP contribution in [0.3, 0.4) is 0 Å². The van der Waals surface area contributed by atoms with Crippen LogP contribution in [-0.2, 0) is 6.42 Å². The number of fused-ring (bicyclic) bond motifs is 1. The van der Waals surface area contributed by atoms with Crippen LogP contribution in [0.15, 0.2) is 35.5 Å². The molecule has 1 aliphatic carbocycles. The van der Waals surface area contributed by atoms with Crippen molar-refractivity contribution >= 4 is 11.4 Å². The van der Waals surface area contributed by atoms with Crippen LogP contribution in [0.4, 0.5) is 5.69 Å². The highest BCUT2D eigenvalue weighted by molar-refractivity contribution is 5.99. The molecule has 0 spiro atoms. The third-order valence-corrected chi connectivity index (χ3v) is 4.59. The van der Waals surface area contributed by atoms with Crippen molar-refractivity contribution < 1.29 is 0 Å². The molecule has 0 unspecified atom stereocenters. The summed E-state index contributed by atoms with van der Waals surface area (Å²) >= 11 is 0. The molecule has 0 aromatic heterocycles. The summed E-state index contributed by atoms with van der Waals surface area (Å²) in [7, 11) is 0. The largest absolute Gasteiger partial charge is 0.402 e. The molecule has 106 valence electrons. The van der Waals surface area contributed by atoms with Crippen LogP contribution < -0.4 is 10.6 Å². The second-order valence-electron chi connectivity index (χ2n) is 5.96. The number of aryl methyl sites for hydroxylation is 1. The maximum absolute atomic E-state index is 8.24. The van der Waals surface area contributed by atoms with E-state index in [0.29, 0.717) is 6.04 Å². The van der Waals surface area contributed by atoms with Crippen LogP contribution in [0, 0.1) is 5.41 Å². The molecule has 20 heavy (non-hydrogen) atoms. The molecule has 1 aliphatic heterocycles. The van der Waals surface area contributed by atoms with E-state index in [-0.39, 0.29) is 0 Å². The van der Waals surface area contributed by atoms with E-state index < -0.39 is 0 Å². The highest BCUT2D eigenvalue weighted by Gasteiger charge is 2.29. The maximum Gasteiger partial charge on any atom is 0.0401 e. The quantitative estimate of drug-likeness (QED) is 0.822. The summed E-state index contributed by atoms with van der Waals surface area (Å²) in [6.07, 6.45) is 5.30. The molecular weight excluding hydrogens is 246 g/mol. The Kier molecular flexibility index (Phi) is 3.51. The minimum absolute atomic E-state index is 0.465. The van der Waals surface area contributed by atoms with E-state index in [1.54, 1.807) is 0 Å². The van der Waals surface area contributed by atoms with Crippen LogP contribution in [0.5, 0.6) is 0 Å². The lowest BCUT2D eigenvalue weighted by Crippen LogP contribution is -2.42. The monoisotopic (exact) mass is 269 g/mol. The number of hydrogen-bond donors (Lipinski definition) is 2. The second kappa shape index (κ2) is 5.31. The molecule has 0 bridgehead atoms. The van der Waals surface area contributed by atoms with Crippen molar-refractivity contribution in [2.24, 2.45) is 5.73 Å². The van der Waals surface area contributed by atoms with E-state index in [1.807, 2.05) is 6.92 Å². The molecule has 0 saturated heterocycles. The minimum atomic E-state index is 0.465. The summed E-state index contributed by atoms with van der Waals surface area (Å²) in [5.41, 5.74) is 11.4. The Hall–Kier alpha value is -1.77. The molecule has 1 atom stereocenters. The van der Waals surface area contributed by atoms with Gasteiger partial charge < -0.3 is 16.0 Å². The lowest BCUT2D eigenvalue weighted by atomic mass is 9.85. The van der Waals surface area contributed by atoms with E-state index >= 15 is 0 Å². The molecular formula is C17H23N3. The minimum Gasteiger partial charge on any atom is -0.402 e. The van der Waals surface area contributed by atoms with E-state index in [9.17, 15) is 0 Å². The molecule has 3 heteroatoms. The fourth-order valence-electron chi connectivity index (χ4n) is 3.57. The molecule has 1 saturated carbocycles. The molecule has 1 aromatic carbocycles. The number of rotatable bonds is 1. The SMILES string of the molecule is CC(N)=C1CC[C@H](N2CCCc3ccccc32)CC1=N. The number of nitrogens with one attached hydrogen (secondary N) is 1. The zero-order valence-corrected chi connectivity index (χ0v) is 12.2. The van der Waals surface area contributed by atoms with Gasteiger partial charge in [-0.05, 0) is 49.8 Å². The summed E-state index contributed by atoms with van der Waals surface area (Å²) in [5, 5.41) is 8.24. The van der Waals surface area contributed by atoms with E-state index in [1.165, 1.54) is 24.1 Å². The number of nitrogens with zero attached hydrogens (tertiary/aromatic N) is 1. The average molecular weight is 269 g/mol. The van der Waals surface area contributed by atoms with Crippen LogP contribution in [0.2, 0.25) is 0 Å². The topological polar surface area (TPSA) is 53.1 Å². The Labute approximate surface area is 121 Å². The van der Waals surface area contributed by atoms with Crippen molar-refractivity contribution in [3.8, 4) is 0 Å². The van der Waals surface area contributed by atoms with Gasteiger partial charge in [0.15, 0.2) is 0 Å². The van der Waals surface area contributed by atoms with E-state index in [2.05, 4.69) is 29.2 Å². The van der Waals surface area contributed by atoms with Gasteiger partial charge in [0.25, 0.3) is 0 Å². The zero-order chi connectivity index (χ0) is 14.1. The van der Waals surface area contributed by atoms with Crippen LogP contribution >= 0.6 is 0 Å². The Morgan fingerprint density at radius 2 is 2.10 bits per heavy atom. The highest BCUT2D eigenvalue weighted by Crippen LogP contribution is 2.34. The van der Waals surface area contributed by atoms with Crippen LogP contribution in [0.1, 0.15) is 38.2 Å². The van der Waals surface area contributed by atoms with Gasteiger partial charge in [0.1, 0.15) is 0 Å². The number of para-hydroxylation sites is 1. The first-order valence-corrected chi connectivity index (χ1v) is 7.54. The summed E-state index contributed by atoms with van der Waals surface area (Å²) < 4.78 is 0. The maximum atomic E-state index is 8.24. The van der Waals surface area contributed by atoms with Gasteiger partial charge in [-0.2, -0.15) is 0 Å². The average Bonchev–Trinajstić information content (AvgIpc) is 2.46. The summed E-state index contributed by atoms with van der Waals surface area (Å²) in [6, 6.07) is 9.19. The van der Waals surface area contributed by atoms with Crippen LogP contribution in [0.25, 0.3) is 0 Å². The number of allylic oxidation sites excluding steroid dienone is 2. The third kappa shape index (κ3) is 2.33. The van der Waals surface area contributed by atoms with Gasteiger partial charge in [0, 0.05) is 36.1 Å². The fourth-order valence-corrected chi connectivity index (χ4v) is 3.57. The third-order valence-electron chi connectivity index (χ3n) is 4.59. The first-order valence-electron chi connectivity index (χ1n) is 7.54. The smallest absolute Gasteiger partial charge is 0.0401 e. The van der Waals surface area contributed by atoms with Gasteiger partial charge in [0.05, 0.1) is 0 Å². The van der Waals surface area contributed by atoms with Crippen molar-refractivity contribution in [2.45, 2.75) is 45.1 Å². The number of hydrogen-bond acceptors (Lipinski definition) is 3. The molecule has 3 nitrogen and oxygen atoms in total. The summed E-state index contributed by atoms with van der Waals surface area (Å²) in [5.74, 6) is 0. The Morgan fingerprint density at radius 3 is 2.85 bits per heavy atom. The molecule has 1 aromatic rings. The molecule has 1 heterocycles. The van der Waals surface area contributed by atoms with E-state index in [0.717, 1.165) is 42.8 Å². The molecule has 3 N–H and O–H groups in total. The number of benzene rings is 1. The first kappa shape index (κ1) is 13.2. The lowest BCUT2D eigenvalue weighted by molar-refractivity contribution is 0.524. The first-order chi connectivity index (χ1) is 9.66. The standard InChI is InChI=1S/C17H23N3/c1-12(18)15-9-8-14(11-16(15)19)20-10-4-6-13-5-2-3-7-17(13)20/h2-3,5,7,14,19H,4,6,8-11,18H2,1H3/t14-/m0/s1. The summed E-state index contributed by atoms with van der Waals surface area (Å²) in [6.45, 7) is 3.04. The molecule has 0 amide bonds. The van der Waals surface area contributed by atoms with Gasteiger partial charge >= 0.3 is 0 Å². The van der Waals surface area contributed by atoms with Crippen molar-refractivity contribution in [1.29, 1.82) is 5.41 Å². The lowest BCUT2D eigenvalue weighted by Gasteiger charge is -2.40. The fraction of sp³-hybridized carbons (Fsp3) is 0.471. The van der Waals surface area contributed by atoms with Crippen molar-refractivity contribution in [3.63, 3.8) is 0 Å². The van der Waals surface area contributed by atoms with Gasteiger partial charge in [-0.15, -0.1) is 0 Å². The predicted octanol–water partition coefficient (Wildman–Crippen LogP) is 3.24. The Balaban J connectivity index is 1.83. The number of nitrogens with two attached hydrogens (primary N) is 1. The normalized spacial score (nSPS) is 25.4. The van der Waals surface area contributed by atoms with Crippen molar-refractivity contribution in [1.82, 2.24) is 0 Å².